The lowest BCUT2D eigenvalue weighted by molar-refractivity contribution is -0.130. The number of halogens is 1. The van der Waals surface area contributed by atoms with Crippen molar-refractivity contribution >= 4 is 34.9 Å². The van der Waals surface area contributed by atoms with Crippen molar-refractivity contribution in [1.29, 1.82) is 0 Å². The normalized spacial score (nSPS) is 22.0. The molecule has 2 amide bonds. The van der Waals surface area contributed by atoms with Crippen molar-refractivity contribution in [1.82, 2.24) is 4.90 Å². The zero-order valence-corrected chi connectivity index (χ0v) is 14.0. The minimum Gasteiger partial charge on any atom is -0.495 e. The Morgan fingerprint density at radius 1 is 1.42 bits per heavy atom. The lowest BCUT2D eigenvalue weighted by Crippen LogP contribution is -2.58. The van der Waals surface area contributed by atoms with E-state index in [4.69, 9.17) is 16.3 Å². The lowest BCUT2D eigenvalue weighted by atomic mass is 9.91. The summed E-state index contributed by atoms with van der Waals surface area (Å²) >= 11 is 6.09. The summed E-state index contributed by atoms with van der Waals surface area (Å²) in [7, 11) is 1.52. The van der Waals surface area contributed by atoms with E-state index in [-0.39, 0.29) is 18.2 Å². The number of fused-ring (bicyclic) bond motifs is 1. The van der Waals surface area contributed by atoms with Crippen molar-refractivity contribution in [2.24, 2.45) is 4.99 Å². The maximum absolute atomic E-state index is 12.9. The Labute approximate surface area is 144 Å². The van der Waals surface area contributed by atoms with Gasteiger partial charge in [0.1, 0.15) is 17.1 Å². The first-order valence-corrected chi connectivity index (χ1v) is 7.72. The van der Waals surface area contributed by atoms with Crippen LogP contribution in [0.5, 0.6) is 5.75 Å². The SMILES string of the molecule is COc1ccc(NC(=O)C2(C)CC(=O)N=C3C=CC=CN32)cc1Cl. The number of allylic oxidation sites excluding steroid dienone is 2. The van der Waals surface area contributed by atoms with Gasteiger partial charge in [-0.05, 0) is 37.3 Å². The van der Waals surface area contributed by atoms with Gasteiger partial charge in [-0.25, -0.2) is 0 Å². The summed E-state index contributed by atoms with van der Waals surface area (Å²) in [6.07, 6.45) is 7.00. The molecule has 0 fully saturated rings. The largest absolute Gasteiger partial charge is 0.495 e. The van der Waals surface area contributed by atoms with E-state index in [1.54, 1.807) is 54.5 Å². The van der Waals surface area contributed by atoms with Crippen LogP contribution in [0.3, 0.4) is 0 Å². The van der Waals surface area contributed by atoms with Gasteiger partial charge in [-0.1, -0.05) is 17.7 Å². The fourth-order valence-electron chi connectivity index (χ4n) is 2.69. The molecule has 7 heteroatoms. The summed E-state index contributed by atoms with van der Waals surface area (Å²) in [4.78, 5) is 30.5. The van der Waals surface area contributed by atoms with Crippen molar-refractivity contribution in [3.63, 3.8) is 0 Å². The van der Waals surface area contributed by atoms with Crippen LogP contribution in [-0.4, -0.2) is 35.2 Å². The van der Waals surface area contributed by atoms with E-state index in [0.717, 1.165) is 0 Å². The number of methoxy groups -OCH3 is 1. The quantitative estimate of drug-likeness (QED) is 0.914. The van der Waals surface area contributed by atoms with Crippen LogP contribution >= 0.6 is 11.6 Å². The molecule has 0 aliphatic carbocycles. The van der Waals surface area contributed by atoms with Crippen LogP contribution in [0.4, 0.5) is 5.69 Å². The molecule has 0 bridgehead atoms. The molecular weight excluding hydrogens is 330 g/mol. The smallest absolute Gasteiger partial charge is 0.250 e. The summed E-state index contributed by atoms with van der Waals surface area (Å²) in [6, 6.07) is 4.97. The fourth-order valence-corrected chi connectivity index (χ4v) is 2.95. The highest BCUT2D eigenvalue weighted by Gasteiger charge is 2.45. The number of benzene rings is 1. The van der Waals surface area contributed by atoms with Gasteiger partial charge in [-0.2, -0.15) is 4.99 Å². The molecule has 124 valence electrons. The predicted molar refractivity (Wildman–Crippen MR) is 92.2 cm³/mol. The summed E-state index contributed by atoms with van der Waals surface area (Å²) in [5.41, 5.74) is -0.540. The van der Waals surface area contributed by atoms with Crippen LogP contribution in [0.2, 0.25) is 5.02 Å². The highest BCUT2D eigenvalue weighted by atomic mass is 35.5. The van der Waals surface area contributed by atoms with Gasteiger partial charge < -0.3 is 15.0 Å². The van der Waals surface area contributed by atoms with E-state index in [2.05, 4.69) is 10.3 Å². The Balaban J connectivity index is 1.87. The zero-order chi connectivity index (χ0) is 17.3. The Morgan fingerprint density at radius 3 is 2.92 bits per heavy atom. The van der Waals surface area contributed by atoms with Gasteiger partial charge in [-0.3, -0.25) is 9.59 Å². The Kier molecular flexibility index (Phi) is 4.15. The minimum atomic E-state index is -1.07. The first-order chi connectivity index (χ1) is 11.4. The molecule has 0 saturated heterocycles. The Hall–Kier alpha value is -2.60. The Bertz CT molecular complexity index is 800. The molecule has 1 unspecified atom stereocenters. The second-order valence-corrected chi connectivity index (χ2v) is 6.10. The number of ether oxygens (including phenoxy) is 1. The number of rotatable bonds is 3. The number of nitrogens with one attached hydrogen (secondary N) is 1. The van der Waals surface area contributed by atoms with Crippen LogP contribution in [0, 0.1) is 0 Å². The highest BCUT2D eigenvalue weighted by molar-refractivity contribution is 6.32. The van der Waals surface area contributed by atoms with E-state index in [1.807, 2.05) is 0 Å². The summed E-state index contributed by atoms with van der Waals surface area (Å²) in [6.45, 7) is 1.71. The molecule has 2 aliphatic rings. The second-order valence-electron chi connectivity index (χ2n) is 5.69. The number of carbonyl (C=O) groups excluding carboxylic acids is 2. The molecule has 1 atom stereocenters. The minimum absolute atomic E-state index is 0.00952. The predicted octanol–water partition coefficient (Wildman–Crippen LogP) is 2.76. The fraction of sp³-hybridized carbons (Fsp3) is 0.235. The highest BCUT2D eigenvalue weighted by Crippen LogP contribution is 2.31. The maximum atomic E-state index is 12.9. The second kappa shape index (κ2) is 6.13. The van der Waals surface area contributed by atoms with Gasteiger partial charge in [0.15, 0.2) is 0 Å². The maximum Gasteiger partial charge on any atom is 0.250 e. The average molecular weight is 346 g/mol. The molecule has 2 heterocycles. The van der Waals surface area contributed by atoms with Crippen molar-refractivity contribution in [2.75, 3.05) is 12.4 Å². The summed E-state index contributed by atoms with van der Waals surface area (Å²) < 4.78 is 5.10. The van der Waals surface area contributed by atoms with Gasteiger partial charge >= 0.3 is 0 Å². The van der Waals surface area contributed by atoms with Crippen molar-refractivity contribution in [2.45, 2.75) is 18.9 Å². The molecule has 2 aliphatic heterocycles. The third-order valence-electron chi connectivity index (χ3n) is 4.00. The molecule has 6 nitrogen and oxygen atoms in total. The number of amidine groups is 1. The van der Waals surface area contributed by atoms with Gasteiger partial charge in [0.25, 0.3) is 11.8 Å². The number of carbonyl (C=O) groups is 2. The van der Waals surface area contributed by atoms with Gasteiger partial charge in [0, 0.05) is 11.9 Å². The molecule has 24 heavy (non-hydrogen) atoms. The van der Waals surface area contributed by atoms with E-state index in [0.29, 0.717) is 22.3 Å². The lowest BCUT2D eigenvalue weighted by Gasteiger charge is -2.41. The third-order valence-corrected chi connectivity index (χ3v) is 4.30. The number of anilines is 1. The first kappa shape index (κ1) is 16.3. The zero-order valence-electron chi connectivity index (χ0n) is 13.2. The van der Waals surface area contributed by atoms with E-state index in [9.17, 15) is 9.59 Å². The molecular formula is C17H16ClN3O3. The number of aliphatic imine (C=N–C) groups is 1. The first-order valence-electron chi connectivity index (χ1n) is 7.35. The van der Waals surface area contributed by atoms with Crippen LogP contribution in [0.25, 0.3) is 0 Å². The molecule has 1 aromatic rings. The monoisotopic (exact) mass is 345 g/mol. The van der Waals surface area contributed by atoms with Gasteiger partial charge in [-0.15, -0.1) is 0 Å². The third kappa shape index (κ3) is 2.80. The topological polar surface area (TPSA) is 71.0 Å². The number of hydrogen-bond acceptors (Lipinski definition) is 4. The standard InChI is InChI=1S/C17H16ClN3O3/c1-17(10-15(22)20-14-5-3-4-8-21(14)17)16(23)19-11-6-7-13(24-2)12(18)9-11/h3-9H,10H2,1-2H3,(H,19,23). The summed E-state index contributed by atoms with van der Waals surface area (Å²) in [5, 5.41) is 3.20. The summed E-state index contributed by atoms with van der Waals surface area (Å²) in [5.74, 6) is 0.336. The van der Waals surface area contributed by atoms with Gasteiger partial charge in [0.05, 0.1) is 18.6 Å². The molecule has 3 rings (SSSR count). The molecule has 0 aromatic heterocycles. The molecule has 1 aromatic carbocycles. The van der Waals surface area contributed by atoms with E-state index >= 15 is 0 Å². The van der Waals surface area contributed by atoms with Gasteiger partial charge in [0.2, 0.25) is 0 Å². The van der Waals surface area contributed by atoms with Crippen molar-refractivity contribution in [3.8, 4) is 5.75 Å². The molecule has 0 saturated carbocycles. The molecule has 0 radical (unpaired) electrons. The number of nitrogens with zero attached hydrogens (tertiary/aromatic N) is 2. The molecule has 0 spiro atoms. The number of amides is 2. The average Bonchev–Trinajstić information content (AvgIpc) is 2.55. The van der Waals surface area contributed by atoms with Crippen LogP contribution < -0.4 is 10.1 Å². The van der Waals surface area contributed by atoms with E-state index < -0.39 is 5.54 Å². The Morgan fingerprint density at radius 2 is 2.21 bits per heavy atom. The molecule has 1 N–H and O–H groups in total. The van der Waals surface area contributed by atoms with E-state index in [1.165, 1.54) is 7.11 Å². The number of hydrogen-bond donors (Lipinski definition) is 1. The van der Waals surface area contributed by atoms with Crippen LogP contribution in [-0.2, 0) is 9.59 Å². The van der Waals surface area contributed by atoms with Crippen LogP contribution in [0.15, 0.2) is 47.6 Å². The van der Waals surface area contributed by atoms with Crippen molar-refractivity contribution < 1.29 is 14.3 Å². The van der Waals surface area contributed by atoms with Crippen LogP contribution in [0.1, 0.15) is 13.3 Å². The van der Waals surface area contributed by atoms with Crippen molar-refractivity contribution in [3.05, 3.63) is 47.6 Å².